The number of rotatable bonds is 5. The third kappa shape index (κ3) is 3.99. The summed E-state index contributed by atoms with van der Waals surface area (Å²) in [4.78, 5) is 13.2. The zero-order chi connectivity index (χ0) is 21.1. The lowest BCUT2D eigenvalue weighted by Crippen LogP contribution is -2.39. The van der Waals surface area contributed by atoms with E-state index in [4.69, 9.17) is 0 Å². The molecule has 0 N–H and O–H groups in total. The summed E-state index contributed by atoms with van der Waals surface area (Å²) in [5, 5.41) is 0. The van der Waals surface area contributed by atoms with Gasteiger partial charge in [-0.2, -0.15) is 4.31 Å². The molecule has 0 unspecified atom stereocenters. The topological polar surface area (TPSA) is 54.5 Å². The second-order valence-electron chi connectivity index (χ2n) is 7.45. The summed E-state index contributed by atoms with van der Waals surface area (Å²) >= 11 is 0. The SMILES string of the molecule is Cc1ccc(S(=O)(=O)N2CC(C(=O)c3ccccc3)=CC[C@H]2c2ccccc2)cc1. The molecular weight excluding hydrogens is 394 g/mol. The first-order valence-electron chi connectivity index (χ1n) is 9.89. The molecule has 152 valence electrons. The minimum atomic E-state index is -3.78. The summed E-state index contributed by atoms with van der Waals surface area (Å²) in [5.74, 6) is -0.133. The quantitative estimate of drug-likeness (QED) is 0.553. The van der Waals surface area contributed by atoms with Crippen molar-refractivity contribution >= 4 is 15.8 Å². The Kier molecular flexibility index (Phi) is 5.66. The van der Waals surface area contributed by atoms with Crippen LogP contribution >= 0.6 is 0 Å². The van der Waals surface area contributed by atoms with Crippen molar-refractivity contribution in [2.24, 2.45) is 0 Å². The van der Waals surface area contributed by atoms with E-state index in [1.54, 1.807) is 36.4 Å². The highest BCUT2D eigenvalue weighted by Gasteiger charge is 2.36. The van der Waals surface area contributed by atoms with Crippen LogP contribution in [0.25, 0.3) is 0 Å². The van der Waals surface area contributed by atoms with Crippen molar-refractivity contribution in [3.05, 3.63) is 113 Å². The standard InChI is InChI=1S/C25H23NO3S/c1-19-12-15-23(16-13-19)30(28,29)26-18-22(25(27)21-10-6-3-7-11-21)14-17-24(26)20-8-4-2-5-9-20/h2-16,24H,17-18H2,1H3/t24-/m0/s1. The fourth-order valence-corrected chi connectivity index (χ4v) is 5.33. The smallest absolute Gasteiger partial charge is 0.243 e. The third-order valence-corrected chi connectivity index (χ3v) is 7.27. The summed E-state index contributed by atoms with van der Waals surface area (Å²) in [6.07, 6.45) is 2.33. The van der Waals surface area contributed by atoms with Crippen LogP contribution in [-0.4, -0.2) is 25.1 Å². The molecular formula is C25H23NO3S. The molecule has 0 bridgehead atoms. The molecule has 30 heavy (non-hydrogen) atoms. The first-order chi connectivity index (χ1) is 14.5. The Bertz CT molecular complexity index is 1170. The molecule has 5 heteroatoms. The molecule has 3 aromatic rings. The molecule has 1 atom stereocenters. The monoisotopic (exact) mass is 417 g/mol. The van der Waals surface area contributed by atoms with Crippen LogP contribution < -0.4 is 0 Å². The van der Waals surface area contributed by atoms with Crippen LogP contribution in [0.2, 0.25) is 0 Å². The number of ketones is 1. The predicted octanol–water partition coefficient (Wildman–Crippen LogP) is 4.94. The normalized spacial score (nSPS) is 17.4. The van der Waals surface area contributed by atoms with Crippen molar-refractivity contribution in [2.75, 3.05) is 6.54 Å². The van der Waals surface area contributed by atoms with Crippen LogP contribution in [0.1, 0.15) is 33.9 Å². The summed E-state index contributed by atoms with van der Waals surface area (Å²) in [6.45, 7) is 1.97. The van der Waals surface area contributed by atoms with Crippen molar-refractivity contribution in [2.45, 2.75) is 24.3 Å². The Morgan fingerprint density at radius 3 is 2.10 bits per heavy atom. The zero-order valence-electron chi connectivity index (χ0n) is 16.7. The van der Waals surface area contributed by atoms with E-state index in [0.29, 0.717) is 17.6 Å². The van der Waals surface area contributed by atoms with Crippen LogP contribution in [0.4, 0.5) is 0 Å². The minimum absolute atomic E-state index is 0.0451. The van der Waals surface area contributed by atoms with E-state index in [9.17, 15) is 13.2 Å². The Balaban J connectivity index is 1.75. The molecule has 0 amide bonds. The molecule has 0 spiro atoms. The number of Topliss-reactive ketones (excluding diaryl/α,β-unsaturated/α-hetero) is 1. The summed E-state index contributed by atoms with van der Waals surface area (Å²) in [5.41, 5.74) is 2.97. The van der Waals surface area contributed by atoms with E-state index in [-0.39, 0.29) is 23.3 Å². The van der Waals surface area contributed by atoms with Crippen LogP contribution in [0, 0.1) is 6.92 Å². The fourth-order valence-electron chi connectivity index (χ4n) is 3.73. The lowest BCUT2D eigenvalue weighted by molar-refractivity contribution is 0.102. The van der Waals surface area contributed by atoms with Crippen molar-refractivity contribution in [3.63, 3.8) is 0 Å². The van der Waals surface area contributed by atoms with Gasteiger partial charge in [-0.25, -0.2) is 8.42 Å². The van der Waals surface area contributed by atoms with Gasteiger partial charge < -0.3 is 0 Å². The molecule has 1 aliphatic rings. The molecule has 1 heterocycles. The highest BCUT2D eigenvalue weighted by atomic mass is 32.2. The maximum absolute atomic E-state index is 13.6. The average molecular weight is 418 g/mol. The van der Waals surface area contributed by atoms with Crippen molar-refractivity contribution < 1.29 is 13.2 Å². The molecule has 3 aromatic carbocycles. The molecule has 0 aromatic heterocycles. The lowest BCUT2D eigenvalue weighted by atomic mass is 9.94. The van der Waals surface area contributed by atoms with E-state index >= 15 is 0 Å². The van der Waals surface area contributed by atoms with Crippen LogP contribution in [0.15, 0.2) is 101 Å². The fraction of sp³-hybridized carbons (Fsp3) is 0.160. The van der Waals surface area contributed by atoms with Crippen molar-refractivity contribution in [3.8, 4) is 0 Å². The number of hydrogen-bond acceptors (Lipinski definition) is 3. The average Bonchev–Trinajstić information content (AvgIpc) is 2.79. The Labute approximate surface area is 177 Å². The number of nitrogens with zero attached hydrogens (tertiary/aromatic N) is 1. The summed E-state index contributed by atoms with van der Waals surface area (Å²) in [6, 6.07) is 25.0. The van der Waals surface area contributed by atoms with Gasteiger partial charge in [-0.1, -0.05) is 84.4 Å². The molecule has 0 saturated heterocycles. The maximum atomic E-state index is 13.6. The first-order valence-corrected chi connectivity index (χ1v) is 11.3. The van der Waals surface area contributed by atoms with Gasteiger partial charge in [-0.15, -0.1) is 0 Å². The van der Waals surface area contributed by atoms with Crippen LogP contribution in [0.5, 0.6) is 0 Å². The van der Waals surface area contributed by atoms with E-state index in [2.05, 4.69) is 0 Å². The van der Waals surface area contributed by atoms with Gasteiger partial charge >= 0.3 is 0 Å². The van der Waals surface area contributed by atoms with Crippen LogP contribution in [-0.2, 0) is 10.0 Å². The van der Waals surface area contributed by atoms with E-state index < -0.39 is 10.0 Å². The van der Waals surface area contributed by atoms with Gasteiger partial charge in [0, 0.05) is 17.7 Å². The molecule has 0 aliphatic carbocycles. The van der Waals surface area contributed by atoms with Gasteiger partial charge in [0.2, 0.25) is 10.0 Å². The Hall–Kier alpha value is -3.02. The second-order valence-corrected chi connectivity index (χ2v) is 9.34. The van der Waals surface area contributed by atoms with Gasteiger partial charge in [0.25, 0.3) is 0 Å². The lowest BCUT2D eigenvalue weighted by Gasteiger charge is -2.34. The largest absolute Gasteiger partial charge is 0.289 e. The molecule has 1 aliphatic heterocycles. The van der Waals surface area contributed by atoms with Crippen molar-refractivity contribution in [1.29, 1.82) is 0 Å². The molecule has 4 rings (SSSR count). The van der Waals surface area contributed by atoms with Crippen molar-refractivity contribution in [1.82, 2.24) is 4.31 Å². The molecule has 0 radical (unpaired) electrons. The zero-order valence-corrected chi connectivity index (χ0v) is 17.5. The molecule has 0 fully saturated rings. The van der Waals surface area contributed by atoms with Gasteiger partial charge in [0.05, 0.1) is 10.9 Å². The van der Waals surface area contributed by atoms with Crippen LogP contribution in [0.3, 0.4) is 0 Å². The van der Waals surface area contributed by atoms with E-state index in [1.165, 1.54) is 4.31 Å². The first kappa shape index (κ1) is 20.3. The van der Waals surface area contributed by atoms with Gasteiger partial charge in [0.15, 0.2) is 5.78 Å². The number of aryl methyl sites for hydroxylation is 1. The number of carbonyl (C=O) groups excluding carboxylic acids is 1. The van der Waals surface area contributed by atoms with Gasteiger partial charge in [-0.05, 0) is 31.0 Å². The minimum Gasteiger partial charge on any atom is -0.289 e. The molecule has 0 saturated carbocycles. The van der Waals surface area contributed by atoms with Gasteiger partial charge in [-0.3, -0.25) is 4.79 Å². The highest BCUT2D eigenvalue weighted by Crippen LogP contribution is 2.35. The number of hydrogen-bond donors (Lipinski definition) is 0. The highest BCUT2D eigenvalue weighted by molar-refractivity contribution is 7.89. The number of sulfonamides is 1. The van der Waals surface area contributed by atoms with E-state index in [1.807, 2.05) is 61.5 Å². The maximum Gasteiger partial charge on any atom is 0.243 e. The predicted molar refractivity (Wildman–Crippen MR) is 118 cm³/mol. The van der Waals surface area contributed by atoms with Gasteiger partial charge in [0.1, 0.15) is 0 Å². The third-order valence-electron chi connectivity index (χ3n) is 5.40. The summed E-state index contributed by atoms with van der Waals surface area (Å²) < 4.78 is 28.6. The number of carbonyl (C=O) groups is 1. The summed E-state index contributed by atoms with van der Waals surface area (Å²) in [7, 11) is -3.78. The van der Waals surface area contributed by atoms with E-state index in [0.717, 1.165) is 11.1 Å². The Morgan fingerprint density at radius 1 is 0.867 bits per heavy atom. The number of benzene rings is 3. The second kappa shape index (κ2) is 8.38. The Morgan fingerprint density at radius 2 is 1.47 bits per heavy atom. The molecule has 4 nitrogen and oxygen atoms in total.